The van der Waals surface area contributed by atoms with Crippen molar-refractivity contribution in [3.05, 3.63) is 57.6 Å². The number of rotatable bonds is 15. The molecule has 0 saturated carbocycles. The van der Waals surface area contributed by atoms with Crippen LogP contribution in [0.2, 0.25) is 0 Å². The highest BCUT2D eigenvalue weighted by Crippen LogP contribution is 2.29. The van der Waals surface area contributed by atoms with E-state index in [0.717, 1.165) is 93.7 Å². The number of hydrogen-bond donors (Lipinski definition) is 2. The van der Waals surface area contributed by atoms with Gasteiger partial charge >= 0.3 is 0 Å². The first-order valence-corrected chi connectivity index (χ1v) is 13.2. The Hall–Kier alpha value is -2.29. The summed E-state index contributed by atoms with van der Waals surface area (Å²) in [6.07, 6.45) is 14.7. The summed E-state index contributed by atoms with van der Waals surface area (Å²) < 4.78 is 0. The van der Waals surface area contributed by atoms with Crippen LogP contribution in [0.3, 0.4) is 0 Å². The highest BCUT2D eigenvalue weighted by atomic mass is 16.3. The maximum atomic E-state index is 10.9. The summed E-state index contributed by atoms with van der Waals surface area (Å²) in [6, 6.07) is 8.44. The van der Waals surface area contributed by atoms with Gasteiger partial charge in [0.15, 0.2) is 0 Å². The van der Waals surface area contributed by atoms with Crippen LogP contribution in [-0.4, -0.2) is 16.4 Å². The molecule has 0 unspecified atom stereocenters. The van der Waals surface area contributed by atoms with E-state index in [2.05, 4.69) is 45.9 Å². The molecule has 0 aliphatic carbocycles. The Morgan fingerprint density at radius 2 is 1.12 bits per heavy atom. The first-order valence-electron chi connectivity index (χ1n) is 13.2. The molecule has 0 fully saturated rings. The number of nitrogens with zero attached hydrogens (tertiary/aromatic N) is 1. The molecule has 0 heterocycles. The zero-order valence-electron chi connectivity index (χ0n) is 21.4. The van der Waals surface area contributed by atoms with Crippen molar-refractivity contribution in [1.29, 1.82) is 0 Å². The lowest BCUT2D eigenvalue weighted by Gasteiger charge is -2.13. The second kappa shape index (κ2) is 14.8. The van der Waals surface area contributed by atoms with Gasteiger partial charge in [-0.3, -0.25) is 4.99 Å². The van der Waals surface area contributed by atoms with E-state index in [9.17, 15) is 10.2 Å². The molecule has 2 aromatic carbocycles. The minimum Gasteiger partial charge on any atom is -0.507 e. The summed E-state index contributed by atoms with van der Waals surface area (Å²) in [5, 5.41) is 21.6. The maximum Gasteiger partial charge on any atom is 0.124 e. The number of aryl methyl sites for hydroxylation is 4. The Labute approximate surface area is 202 Å². The van der Waals surface area contributed by atoms with Crippen molar-refractivity contribution < 1.29 is 10.2 Å². The largest absolute Gasteiger partial charge is 0.507 e. The molecule has 182 valence electrons. The molecule has 0 aliphatic heterocycles. The van der Waals surface area contributed by atoms with E-state index in [1.165, 1.54) is 16.7 Å². The topological polar surface area (TPSA) is 52.8 Å². The van der Waals surface area contributed by atoms with Gasteiger partial charge in [-0.25, -0.2) is 0 Å². The molecule has 0 amide bonds. The zero-order valence-corrected chi connectivity index (χ0v) is 21.4. The van der Waals surface area contributed by atoms with E-state index in [4.69, 9.17) is 4.99 Å². The number of aromatic hydroxyl groups is 2. The molecule has 0 spiro atoms. The Morgan fingerprint density at radius 3 is 1.73 bits per heavy atom. The third-order valence-electron chi connectivity index (χ3n) is 6.35. The maximum absolute atomic E-state index is 10.9. The summed E-state index contributed by atoms with van der Waals surface area (Å²) in [5.74, 6) is 0.717. The van der Waals surface area contributed by atoms with Crippen LogP contribution in [0.5, 0.6) is 11.5 Å². The van der Waals surface area contributed by atoms with Gasteiger partial charge in [-0.15, -0.1) is 0 Å². The predicted octanol–water partition coefficient (Wildman–Crippen LogP) is 8.09. The van der Waals surface area contributed by atoms with E-state index in [1.807, 2.05) is 12.3 Å². The van der Waals surface area contributed by atoms with Gasteiger partial charge in [0.2, 0.25) is 0 Å². The van der Waals surface area contributed by atoms with Gasteiger partial charge in [-0.1, -0.05) is 71.6 Å². The van der Waals surface area contributed by atoms with Crippen LogP contribution in [0.4, 0.5) is 0 Å². The lowest BCUT2D eigenvalue weighted by Crippen LogP contribution is -1.99. The normalized spacial score (nSPS) is 11.5. The summed E-state index contributed by atoms with van der Waals surface area (Å²) in [6.45, 7) is 9.20. The van der Waals surface area contributed by atoms with Crippen molar-refractivity contribution in [3.8, 4) is 11.5 Å². The molecular weight excluding hydrogens is 406 g/mol. The van der Waals surface area contributed by atoms with E-state index < -0.39 is 0 Å². The summed E-state index contributed by atoms with van der Waals surface area (Å²) in [5.41, 5.74) is 6.44. The summed E-state index contributed by atoms with van der Waals surface area (Å²) >= 11 is 0. The number of phenols is 2. The summed E-state index contributed by atoms with van der Waals surface area (Å²) in [4.78, 5) is 4.69. The Bertz CT molecular complexity index is 885. The zero-order chi connectivity index (χ0) is 24.1. The minimum atomic E-state index is 0.322. The fourth-order valence-corrected chi connectivity index (χ4v) is 4.28. The predicted molar refractivity (Wildman–Crippen MR) is 142 cm³/mol. The van der Waals surface area contributed by atoms with Crippen molar-refractivity contribution in [2.45, 2.75) is 111 Å². The van der Waals surface area contributed by atoms with Gasteiger partial charge in [0.25, 0.3) is 0 Å². The molecule has 0 aromatic heterocycles. The second-order valence-corrected chi connectivity index (χ2v) is 9.33. The van der Waals surface area contributed by atoms with Crippen LogP contribution >= 0.6 is 0 Å². The number of unbranched alkanes of at least 4 members (excludes halogenated alkanes) is 4. The van der Waals surface area contributed by atoms with E-state index in [0.29, 0.717) is 18.0 Å². The van der Waals surface area contributed by atoms with E-state index >= 15 is 0 Å². The Balaban J connectivity index is 2.29. The highest BCUT2D eigenvalue weighted by molar-refractivity contribution is 5.85. The lowest BCUT2D eigenvalue weighted by molar-refractivity contribution is 0.459. The number of hydrogen-bond acceptors (Lipinski definition) is 3. The van der Waals surface area contributed by atoms with Crippen LogP contribution in [0.25, 0.3) is 0 Å². The van der Waals surface area contributed by atoms with Crippen LogP contribution in [0, 0.1) is 0 Å². The molecule has 3 heteroatoms. The third-order valence-corrected chi connectivity index (χ3v) is 6.35. The van der Waals surface area contributed by atoms with Crippen molar-refractivity contribution in [2.75, 3.05) is 0 Å². The van der Waals surface area contributed by atoms with Gasteiger partial charge in [0, 0.05) is 17.3 Å². The molecule has 3 nitrogen and oxygen atoms in total. The fraction of sp³-hybridized carbons (Fsp3) is 0.567. The molecule has 0 aliphatic rings. The fourth-order valence-electron chi connectivity index (χ4n) is 4.28. The molecule has 2 rings (SSSR count). The van der Waals surface area contributed by atoms with Crippen LogP contribution in [-0.2, 0) is 32.2 Å². The molecule has 0 atom stereocenters. The van der Waals surface area contributed by atoms with Gasteiger partial charge in [0.1, 0.15) is 11.5 Å². The molecule has 0 bridgehead atoms. The minimum absolute atomic E-state index is 0.322. The van der Waals surface area contributed by atoms with Gasteiger partial charge in [0.05, 0.1) is 6.54 Å². The van der Waals surface area contributed by atoms with E-state index in [-0.39, 0.29) is 0 Å². The number of benzene rings is 2. The average Bonchev–Trinajstić information content (AvgIpc) is 2.81. The second-order valence-electron chi connectivity index (χ2n) is 9.33. The Morgan fingerprint density at radius 1 is 0.636 bits per heavy atom. The van der Waals surface area contributed by atoms with Gasteiger partial charge in [-0.2, -0.15) is 0 Å². The van der Waals surface area contributed by atoms with Crippen LogP contribution in [0.1, 0.15) is 112 Å². The van der Waals surface area contributed by atoms with E-state index in [1.54, 1.807) is 0 Å². The SMILES string of the molecule is CCCCc1cc(CCCC)c(O)c(CN=Cc2c(O)cc(CCCC)cc2CCCC)c1. The molecule has 33 heavy (non-hydrogen) atoms. The van der Waals surface area contributed by atoms with Crippen molar-refractivity contribution in [2.24, 2.45) is 4.99 Å². The van der Waals surface area contributed by atoms with Gasteiger partial charge < -0.3 is 10.2 Å². The van der Waals surface area contributed by atoms with Crippen molar-refractivity contribution in [3.63, 3.8) is 0 Å². The van der Waals surface area contributed by atoms with Gasteiger partial charge in [-0.05, 0) is 79.7 Å². The lowest BCUT2D eigenvalue weighted by atomic mass is 9.96. The number of phenolic OH excluding ortho intramolecular Hbond substituents is 2. The molecule has 2 N–H and O–H groups in total. The Kier molecular flexibility index (Phi) is 12.1. The van der Waals surface area contributed by atoms with Crippen LogP contribution < -0.4 is 0 Å². The monoisotopic (exact) mass is 451 g/mol. The average molecular weight is 452 g/mol. The molecular formula is C30H45NO2. The first kappa shape index (κ1) is 27.0. The number of aliphatic imine (C=N–C) groups is 1. The smallest absolute Gasteiger partial charge is 0.124 e. The van der Waals surface area contributed by atoms with Crippen LogP contribution in [0.15, 0.2) is 29.3 Å². The molecule has 0 radical (unpaired) electrons. The third kappa shape index (κ3) is 8.53. The van der Waals surface area contributed by atoms with Crippen molar-refractivity contribution in [1.82, 2.24) is 0 Å². The quantitative estimate of drug-likeness (QED) is 0.269. The van der Waals surface area contributed by atoms with Crippen molar-refractivity contribution >= 4 is 6.21 Å². The highest BCUT2D eigenvalue weighted by Gasteiger charge is 2.12. The summed E-state index contributed by atoms with van der Waals surface area (Å²) in [7, 11) is 0. The first-order chi connectivity index (χ1) is 16.0. The molecule has 2 aromatic rings. The molecule has 0 saturated heterocycles. The standard InChI is InChI=1S/C30H45NO2/c1-5-9-13-23-18-26(16-12-8-4)30(33)27(19-23)21-31-22-28-25(15-11-7-3)17-24(14-10-6-2)20-29(28)32/h17-20,22,32-33H,5-16,21H2,1-4H3.